The van der Waals surface area contributed by atoms with Crippen molar-refractivity contribution in [2.24, 2.45) is 0 Å². The van der Waals surface area contributed by atoms with Crippen LogP contribution in [0.15, 0.2) is 23.4 Å². The Hall–Kier alpha value is -2.15. The van der Waals surface area contributed by atoms with E-state index < -0.39 is 0 Å². The van der Waals surface area contributed by atoms with Gasteiger partial charge in [-0.05, 0) is 51.3 Å². The van der Waals surface area contributed by atoms with Gasteiger partial charge in [-0.25, -0.2) is 4.98 Å². The van der Waals surface area contributed by atoms with Gasteiger partial charge in [-0.1, -0.05) is 30.7 Å². The van der Waals surface area contributed by atoms with Crippen LogP contribution in [-0.2, 0) is 4.79 Å². The third kappa shape index (κ3) is 3.85. The topological polar surface area (TPSA) is 65.4 Å². The Kier molecular flexibility index (Phi) is 5.53. The van der Waals surface area contributed by atoms with Crippen LogP contribution in [0.25, 0.3) is 0 Å². The van der Waals surface area contributed by atoms with Crippen LogP contribution >= 0.6 is 11.8 Å². The minimum Gasteiger partial charge on any atom is -0.454 e. The van der Waals surface area contributed by atoms with Crippen LogP contribution < -0.4 is 14.8 Å². The fraction of sp³-hybridized carbons (Fsp3) is 0.524. The van der Waals surface area contributed by atoms with Crippen LogP contribution in [0.5, 0.6) is 11.5 Å². The molecule has 1 N–H and O–H groups in total. The molecular formula is C21H27N3O3S. The second kappa shape index (κ2) is 8.07. The minimum absolute atomic E-state index is 0.00597. The highest BCUT2D eigenvalue weighted by Crippen LogP contribution is 2.36. The van der Waals surface area contributed by atoms with Crippen molar-refractivity contribution in [2.45, 2.75) is 63.7 Å². The molecule has 2 aromatic rings. The van der Waals surface area contributed by atoms with Gasteiger partial charge in [0.05, 0.1) is 17.5 Å². The van der Waals surface area contributed by atoms with Crippen LogP contribution in [0, 0.1) is 13.8 Å². The van der Waals surface area contributed by atoms with Crippen molar-refractivity contribution < 1.29 is 14.3 Å². The zero-order chi connectivity index (χ0) is 19.7. The second-order valence-electron chi connectivity index (χ2n) is 7.56. The van der Waals surface area contributed by atoms with Gasteiger partial charge in [0.25, 0.3) is 0 Å². The van der Waals surface area contributed by atoms with E-state index in [9.17, 15) is 4.79 Å². The summed E-state index contributed by atoms with van der Waals surface area (Å²) in [5.74, 6) is 1.85. The summed E-state index contributed by atoms with van der Waals surface area (Å²) >= 11 is 1.53. The Bertz CT molecular complexity index is 874. The first kappa shape index (κ1) is 19.2. The Morgan fingerprint density at radius 2 is 2.04 bits per heavy atom. The van der Waals surface area contributed by atoms with Gasteiger partial charge >= 0.3 is 0 Å². The van der Waals surface area contributed by atoms with Crippen molar-refractivity contribution in [2.75, 3.05) is 12.5 Å². The van der Waals surface area contributed by atoms with Gasteiger partial charge < -0.3 is 19.4 Å². The molecule has 0 bridgehead atoms. The number of nitrogens with one attached hydrogen (secondary N) is 1. The van der Waals surface area contributed by atoms with E-state index in [-0.39, 0.29) is 18.7 Å². The molecule has 1 aromatic carbocycles. The molecule has 2 heterocycles. The van der Waals surface area contributed by atoms with Gasteiger partial charge in [0.15, 0.2) is 16.7 Å². The lowest BCUT2D eigenvalue weighted by atomic mass is 10.1. The molecule has 1 fully saturated rings. The van der Waals surface area contributed by atoms with Crippen molar-refractivity contribution in [1.29, 1.82) is 0 Å². The van der Waals surface area contributed by atoms with Crippen LogP contribution in [0.3, 0.4) is 0 Å². The lowest BCUT2D eigenvalue weighted by molar-refractivity contribution is -0.119. The maximum atomic E-state index is 12.5. The Labute approximate surface area is 170 Å². The zero-order valence-corrected chi connectivity index (χ0v) is 17.5. The summed E-state index contributed by atoms with van der Waals surface area (Å²) in [6.45, 7) is 6.41. The van der Waals surface area contributed by atoms with E-state index in [0.717, 1.165) is 27.9 Å². The first-order chi connectivity index (χ1) is 13.5. The highest BCUT2D eigenvalue weighted by Gasteiger charge is 2.24. The van der Waals surface area contributed by atoms with Crippen LogP contribution in [0.4, 0.5) is 0 Å². The summed E-state index contributed by atoms with van der Waals surface area (Å²) in [6.07, 6.45) is 4.97. The lowest BCUT2D eigenvalue weighted by Crippen LogP contribution is -2.28. The van der Waals surface area contributed by atoms with Crippen LogP contribution in [0.1, 0.15) is 61.6 Å². The van der Waals surface area contributed by atoms with Gasteiger partial charge in [0.1, 0.15) is 0 Å². The first-order valence-corrected chi connectivity index (χ1v) is 10.9. The number of rotatable bonds is 6. The molecule has 1 unspecified atom stereocenters. The molecule has 0 spiro atoms. The van der Waals surface area contributed by atoms with E-state index >= 15 is 0 Å². The van der Waals surface area contributed by atoms with Gasteiger partial charge in [0, 0.05) is 11.7 Å². The summed E-state index contributed by atoms with van der Waals surface area (Å²) in [7, 11) is 0. The second-order valence-corrected chi connectivity index (χ2v) is 8.51. The van der Waals surface area contributed by atoms with E-state index in [1.165, 1.54) is 43.1 Å². The average Bonchev–Trinajstić information content (AvgIpc) is 3.41. The summed E-state index contributed by atoms with van der Waals surface area (Å²) in [5.41, 5.74) is 3.29. The number of fused-ring (bicyclic) bond motifs is 1. The SMILES string of the molecule is Cc1nc(SCC(=O)NC(C)c2ccc3c(c2)OCO3)n(C2CCCC2)c1C. The normalized spacial score (nSPS) is 17.1. The van der Waals surface area contributed by atoms with Gasteiger partial charge in [0.2, 0.25) is 12.7 Å². The number of ether oxygens (including phenoxy) is 2. The first-order valence-electron chi connectivity index (χ1n) is 9.90. The molecule has 1 atom stereocenters. The van der Waals surface area contributed by atoms with Crippen molar-refractivity contribution >= 4 is 17.7 Å². The number of benzene rings is 1. The van der Waals surface area contributed by atoms with E-state index in [4.69, 9.17) is 14.5 Å². The molecule has 2 aliphatic rings. The molecule has 1 saturated carbocycles. The molecule has 1 aliphatic heterocycles. The standard InChI is InChI=1S/C21H27N3O3S/c1-13-15(3)24(17-6-4-5-7-17)21(23-13)28-11-20(25)22-14(2)16-8-9-18-19(10-16)27-12-26-18/h8-10,14,17H,4-7,11-12H2,1-3H3,(H,22,25). The zero-order valence-electron chi connectivity index (χ0n) is 16.7. The minimum atomic E-state index is -0.0966. The number of aryl methyl sites for hydroxylation is 1. The molecular weight excluding hydrogens is 374 g/mol. The third-order valence-electron chi connectivity index (χ3n) is 5.65. The highest BCUT2D eigenvalue weighted by atomic mass is 32.2. The number of hydrogen-bond donors (Lipinski definition) is 1. The number of amides is 1. The molecule has 7 heteroatoms. The fourth-order valence-electron chi connectivity index (χ4n) is 3.97. The van der Waals surface area contributed by atoms with Gasteiger partial charge in [-0.3, -0.25) is 4.79 Å². The number of aromatic nitrogens is 2. The fourth-order valence-corrected chi connectivity index (χ4v) is 4.94. The number of imidazole rings is 1. The molecule has 1 aromatic heterocycles. The third-order valence-corrected chi connectivity index (χ3v) is 6.60. The summed E-state index contributed by atoms with van der Waals surface area (Å²) in [6, 6.07) is 6.21. The molecule has 150 valence electrons. The quantitative estimate of drug-likeness (QED) is 0.731. The molecule has 4 rings (SSSR count). The molecule has 28 heavy (non-hydrogen) atoms. The number of thioether (sulfide) groups is 1. The van der Waals surface area contributed by atoms with Gasteiger partial charge in [-0.15, -0.1) is 0 Å². The summed E-state index contributed by atoms with van der Waals surface area (Å²) in [5, 5.41) is 4.04. The summed E-state index contributed by atoms with van der Waals surface area (Å²) < 4.78 is 13.1. The number of hydrogen-bond acceptors (Lipinski definition) is 5. The maximum absolute atomic E-state index is 12.5. The largest absolute Gasteiger partial charge is 0.454 e. The lowest BCUT2D eigenvalue weighted by Gasteiger charge is -2.17. The number of nitrogens with zero attached hydrogens (tertiary/aromatic N) is 2. The molecule has 6 nitrogen and oxygen atoms in total. The Morgan fingerprint density at radius 3 is 2.82 bits per heavy atom. The van der Waals surface area contributed by atoms with Crippen molar-refractivity contribution in [1.82, 2.24) is 14.9 Å². The van der Waals surface area contributed by atoms with Crippen LogP contribution in [0.2, 0.25) is 0 Å². The summed E-state index contributed by atoms with van der Waals surface area (Å²) in [4.78, 5) is 17.3. The predicted octanol–water partition coefficient (Wildman–Crippen LogP) is 4.31. The maximum Gasteiger partial charge on any atom is 0.231 e. The van der Waals surface area contributed by atoms with E-state index in [1.807, 2.05) is 32.0 Å². The van der Waals surface area contributed by atoms with Gasteiger partial charge in [-0.2, -0.15) is 0 Å². The average molecular weight is 402 g/mol. The monoisotopic (exact) mass is 401 g/mol. The van der Waals surface area contributed by atoms with E-state index in [0.29, 0.717) is 11.8 Å². The van der Waals surface area contributed by atoms with E-state index in [1.54, 1.807) is 0 Å². The molecule has 0 saturated heterocycles. The van der Waals surface area contributed by atoms with E-state index in [2.05, 4.69) is 16.8 Å². The van der Waals surface area contributed by atoms with Crippen molar-refractivity contribution in [3.8, 4) is 11.5 Å². The number of carbonyl (C=O) groups is 1. The highest BCUT2D eigenvalue weighted by molar-refractivity contribution is 7.99. The molecule has 1 aliphatic carbocycles. The Balaban J connectivity index is 1.37. The smallest absolute Gasteiger partial charge is 0.231 e. The molecule has 0 radical (unpaired) electrons. The predicted molar refractivity (Wildman–Crippen MR) is 109 cm³/mol. The van der Waals surface area contributed by atoms with Crippen LogP contribution in [-0.4, -0.2) is 28.0 Å². The number of carbonyl (C=O) groups excluding carboxylic acids is 1. The van der Waals surface area contributed by atoms with Crippen molar-refractivity contribution in [3.05, 3.63) is 35.2 Å². The Morgan fingerprint density at radius 1 is 1.29 bits per heavy atom. The van der Waals surface area contributed by atoms with Crippen molar-refractivity contribution in [3.63, 3.8) is 0 Å². The molecule has 1 amide bonds.